The molecule has 0 N–H and O–H groups in total. The van der Waals surface area contributed by atoms with Crippen molar-refractivity contribution in [3.63, 3.8) is 0 Å². The quantitative estimate of drug-likeness (QED) is 0.354. The Morgan fingerprint density at radius 2 is 2.17 bits per heavy atom. The highest BCUT2D eigenvalue weighted by Crippen LogP contribution is 2.12. The van der Waals surface area contributed by atoms with Crippen LogP contribution < -0.4 is 0 Å². The maximum atomic E-state index is 10.8. The first kappa shape index (κ1) is 11.0. The molecular formula is C8H15N3O. The number of ketones is 1. The van der Waals surface area contributed by atoms with Crippen molar-refractivity contribution >= 4 is 5.78 Å². The largest absolute Gasteiger partial charge is 0.300 e. The van der Waals surface area contributed by atoms with Crippen LogP contribution in [0.1, 0.15) is 27.2 Å². The molecule has 68 valence electrons. The number of hydrogen-bond donors (Lipinski definition) is 0. The second-order valence-corrected chi connectivity index (χ2v) is 3.27. The van der Waals surface area contributed by atoms with Crippen LogP contribution in [0.25, 0.3) is 10.4 Å². The lowest BCUT2D eigenvalue weighted by molar-refractivity contribution is -0.120. The highest BCUT2D eigenvalue weighted by molar-refractivity contribution is 5.77. The van der Waals surface area contributed by atoms with Gasteiger partial charge in [0.25, 0.3) is 0 Å². The van der Waals surface area contributed by atoms with Crippen LogP contribution in [0.3, 0.4) is 0 Å². The molecule has 12 heavy (non-hydrogen) atoms. The second kappa shape index (κ2) is 5.61. The Morgan fingerprint density at radius 3 is 2.58 bits per heavy atom. The zero-order chi connectivity index (χ0) is 9.56. The summed E-state index contributed by atoms with van der Waals surface area (Å²) in [5.74, 6) is 0.566. The molecule has 2 atom stereocenters. The molecule has 0 aliphatic carbocycles. The standard InChI is InChI=1S/C8H15N3O/c1-6(5-10-11-9)4-7(2)8(3)12/h6-7H,4-5H2,1-3H3/t6-,7+/m0/s1. The highest BCUT2D eigenvalue weighted by atomic mass is 16.1. The monoisotopic (exact) mass is 169 g/mol. The van der Waals surface area contributed by atoms with E-state index >= 15 is 0 Å². The number of azide groups is 1. The van der Waals surface area contributed by atoms with Gasteiger partial charge in [-0.3, -0.25) is 4.79 Å². The molecule has 0 spiro atoms. The lowest BCUT2D eigenvalue weighted by Gasteiger charge is -2.11. The Bertz CT molecular complexity index is 196. The predicted octanol–water partition coefficient (Wildman–Crippen LogP) is 2.55. The van der Waals surface area contributed by atoms with Crippen LogP contribution in [0.2, 0.25) is 0 Å². The van der Waals surface area contributed by atoms with Crippen LogP contribution in [-0.4, -0.2) is 12.3 Å². The van der Waals surface area contributed by atoms with Crippen LogP contribution in [0, 0.1) is 11.8 Å². The van der Waals surface area contributed by atoms with Gasteiger partial charge in [0.15, 0.2) is 0 Å². The van der Waals surface area contributed by atoms with Crippen LogP contribution in [0.5, 0.6) is 0 Å². The Balaban J connectivity index is 3.75. The third kappa shape index (κ3) is 4.74. The number of hydrogen-bond acceptors (Lipinski definition) is 2. The van der Waals surface area contributed by atoms with Gasteiger partial charge >= 0.3 is 0 Å². The summed E-state index contributed by atoms with van der Waals surface area (Å²) in [6, 6.07) is 0. The van der Waals surface area contributed by atoms with Gasteiger partial charge in [0.1, 0.15) is 5.78 Å². The van der Waals surface area contributed by atoms with E-state index in [4.69, 9.17) is 5.53 Å². The topological polar surface area (TPSA) is 65.8 Å². The van der Waals surface area contributed by atoms with E-state index in [1.807, 2.05) is 13.8 Å². The minimum Gasteiger partial charge on any atom is -0.300 e. The number of carbonyl (C=O) groups is 1. The minimum atomic E-state index is 0.0777. The van der Waals surface area contributed by atoms with Gasteiger partial charge in [0.2, 0.25) is 0 Å². The molecule has 0 rings (SSSR count). The molecule has 0 saturated carbocycles. The van der Waals surface area contributed by atoms with E-state index in [2.05, 4.69) is 10.0 Å². The van der Waals surface area contributed by atoms with Gasteiger partial charge in [-0.05, 0) is 24.8 Å². The van der Waals surface area contributed by atoms with Crippen LogP contribution in [-0.2, 0) is 4.79 Å². The summed E-state index contributed by atoms with van der Waals surface area (Å²) in [5.41, 5.74) is 8.05. The maximum Gasteiger partial charge on any atom is 0.132 e. The Kier molecular flexibility index (Phi) is 5.13. The lowest BCUT2D eigenvalue weighted by Crippen LogP contribution is -2.12. The van der Waals surface area contributed by atoms with Crippen molar-refractivity contribution in [3.05, 3.63) is 10.4 Å². The molecule has 0 heterocycles. The molecule has 0 aromatic heterocycles. The molecule has 0 radical (unpaired) electrons. The van der Waals surface area contributed by atoms with Gasteiger partial charge in [0.05, 0.1) is 0 Å². The fourth-order valence-corrected chi connectivity index (χ4v) is 1.02. The first-order chi connectivity index (χ1) is 5.57. The van der Waals surface area contributed by atoms with E-state index in [0.717, 1.165) is 6.42 Å². The van der Waals surface area contributed by atoms with Crippen molar-refractivity contribution in [1.29, 1.82) is 0 Å². The second-order valence-electron chi connectivity index (χ2n) is 3.27. The van der Waals surface area contributed by atoms with Gasteiger partial charge in [-0.2, -0.15) is 0 Å². The smallest absolute Gasteiger partial charge is 0.132 e. The number of carbonyl (C=O) groups excluding carboxylic acids is 1. The van der Waals surface area contributed by atoms with Gasteiger partial charge in [-0.25, -0.2) is 0 Å². The normalized spacial score (nSPS) is 14.6. The molecule has 4 heteroatoms. The van der Waals surface area contributed by atoms with Crippen LogP contribution in [0.15, 0.2) is 5.11 Å². The molecule has 0 amide bonds. The molecule has 0 fully saturated rings. The first-order valence-electron chi connectivity index (χ1n) is 4.09. The van der Waals surface area contributed by atoms with Gasteiger partial charge < -0.3 is 0 Å². The van der Waals surface area contributed by atoms with Crippen LogP contribution in [0.4, 0.5) is 0 Å². The molecule has 0 saturated heterocycles. The number of Topliss-reactive ketones (excluding diaryl/α,β-unsaturated/α-hetero) is 1. The summed E-state index contributed by atoms with van der Waals surface area (Å²) in [6.45, 7) is 5.95. The molecule has 4 nitrogen and oxygen atoms in total. The first-order valence-corrected chi connectivity index (χ1v) is 4.09. The Morgan fingerprint density at radius 1 is 1.58 bits per heavy atom. The molecule has 0 aliphatic heterocycles. The van der Waals surface area contributed by atoms with Gasteiger partial charge in [-0.1, -0.05) is 19.0 Å². The van der Waals surface area contributed by atoms with Crippen molar-refractivity contribution < 1.29 is 4.79 Å². The summed E-state index contributed by atoms with van der Waals surface area (Å²) < 4.78 is 0. The average Bonchev–Trinajstić information content (AvgIpc) is 2.00. The fourth-order valence-electron chi connectivity index (χ4n) is 1.02. The van der Waals surface area contributed by atoms with Crippen molar-refractivity contribution in [2.75, 3.05) is 6.54 Å². The van der Waals surface area contributed by atoms with Gasteiger partial charge in [-0.15, -0.1) is 0 Å². The highest BCUT2D eigenvalue weighted by Gasteiger charge is 2.11. The summed E-state index contributed by atoms with van der Waals surface area (Å²) >= 11 is 0. The van der Waals surface area contributed by atoms with Crippen molar-refractivity contribution in [3.8, 4) is 0 Å². The van der Waals surface area contributed by atoms with E-state index in [1.54, 1.807) is 6.92 Å². The third-order valence-electron chi connectivity index (χ3n) is 1.91. The molecule has 0 unspecified atom stereocenters. The minimum absolute atomic E-state index is 0.0777. The number of rotatable bonds is 5. The van der Waals surface area contributed by atoms with Crippen LogP contribution >= 0.6 is 0 Å². The predicted molar refractivity (Wildman–Crippen MR) is 47.6 cm³/mol. The molecular weight excluding hydrogens is 154 g/mol. The summed E-state index contributed by atoms with van der Waals surface area (Å²) in [4.78, 5) is 13.5. The summed E-state index contributed by atoms with van der Waals surface area (Å²) in [5, 5.41) is 3.45. The summed E-state index contributed by atoms with van der Waals surface area (Å²) in [7, 11) is 0. The van der Waals surface area contributed by atoms with E-state index in [-0.39, 0.29) is 11.7 Å². The Hall–Kier alpha value is -1.02. The molecule has 0 aromatic rings. The zero-order valence-electron chi connectivity index (χ0n) is 7.82. The fraction of sp³-hybridized carbons (Fsp3) is 0.875. The molecule has 0 aliphatic rings. The molecule has 0 aromatic carbocycles. The van der Waals surface area contributed by atoms with Gasteiger partial charge in [0, 0.05) is 17.4 Å². The van der Waals surface area contributed by atoms with E-state index in [1.165, 1.54) is 0 Å². The zero-order valence-corrected chi connectivity index (χ0v) is 7.82. The lowest BCUT2D eigenvalue weighted by atomic mass is 9.95. The van der Waals surface area contributed by atoms with E-state index in [0.29, 0.717) is 12.5 Å². The summed E-state index contributed by atoms with van der Waals surface area (Å²) in [6.07, 6.45) is 0.800. The average molecular weight is 169 g/mol. The van der Waals surface area contributed by atoms with Crippen molar-refractivity contribution in [2.45, 2.75) is 27.2 Å². The van der Waals surface area contributed by atoms with E-state index < -0.39 is 0 Å². The molecule has 0 bridgehead atoms. The maximum absolute atomic E-state index is 10.8. The van der Waals surface area contributed by atoms with Crippen molar-refractivity contribution in [2.24, 2.45) is 17.0 Å². The Labute approximate surface area is 72.6 Å². The van der Waals surface area contributed by atoms with Crippen molar-refractivity contribution in [1.82, 2.24) is 0 Å². The number of nitrogens with zero attached hydrogens (tertiary/aromatic N) is 3. The third-order valence-corrected chi connectivity index (χ3v) is 1.91. The SMILES string of the molecule is CC(=O)[C@H](C)C[C@H](C)CN=[N+]=[N-]. The van der Waals surface area contributed by atoms with E-state index in [9.17, 15) is 4.79 Å².